The number of halogens is 1. The van der Waals surface area contributed by atoms with E-state index in [2.05, 4.69) is 21.0 Å². The van der Waals surface area contributed by atoms with Crippen LogP contribution < -0.4 is 0 Å². The minimum absolute atomic E-state index is 0.0295. The van der Waals surface area contributed by atoms with Crippen molar-refractivity contribution in [2.45, 2.75) is 6.92 Å². The van der Waals surface area contributed by atoms with Crippen molar-refractivity contribution in [1.29, 1.82) is 0 Å². The zero-order valence-corrected chi connectivity index (χ0v) is 14.2. The van der Waals surface area contributed by atoms with E-state index in [0.29, 0.717) is 5.56 Å². The molecule has 0 aliphatic rings. The average molecular weight is 367 g/mol. The van der Waals surface area contributed by atoms with Gasteiger partial charge in [-0.25, -0.2) is 4.68 Å². The fourth-order valence-electron chi connectivity index (χ4n) is 2.25. The topological polar surface area (TPSA) is 34.9 Å². The molecule has 0 saturated heterocycles. The minimum Gasteiger partial charge on any atom is -0.289 e. The standard InChI is InChI=1S/C19H15BrN2O/c1-14-16(13-22(21-14)18-8-3-2-4-9-18)10-11-19(23)15-6-5-7-17(20)12-15/h2-13H,1H3/b11-10+. The first kappa shape index (κ1) is 15.4. The van der Waals surface area contributed by atoms with Gasteiger partial charge in [-0.2, -0.15) is 5.10 Å². The van der Waals surface area contributed by atoms with Gasteiger partial charge < -0.3 is 0 Å². The largest absolute Gasteiger partial charge is 0.289 e. The van der Waals surface area contributed by atoms with Crippen LogP contribution in [0.15, 0.2) is 71.3 Å². The zero-order chi connectivity index (χ0) is 16.2. The van der Waals surface area contributed by atoms with E-state index in [9.17, 15) is 4.79 Å². The number of carbonyl (C=O) groups excluding carboxylic acids is 1. The summed E-state index contributed by atoms with van der Waals surface area (Å²) >= 11 is 3.38. The fraction of sp³-hybridized carbons (Fsp3) is 0.0526. The normalized spacial score (nSPS) is 11.0. The summed E-state index contributed by atoms with van der Waals surface area (Å²) in [5, 5.41) is 4.49. The highest BCUT2D eigenvalue weighted by molar-refractivity contribution is 9.10. The number of rotatable bonds is 4. The second-order valence-electron chi connectivity index (χ2n) is 5.16. The van der Waals surface area contributed by atoms with Gasteiger partial charge in [0, 0.05) is 21.8 Å². The molecule has 2 aromatic carbocycles. The van der Waals surface area contributed by atoms with Crippen LogP contribution in [0.4, 0.5) is 0 Å². The molecule has 0 spiro atoms. The smallest absolute Gasteiger partial charge is 0.185 e. The lowest BCUT2D eigenvalue weighted by atomic mass is 10.1. The van der Waals surface area contributed by atoms with Crippen molar-refractivity contribution in [2.24, 2.45) is 0 Å². The van der Waals surface area contributed by atoms with Crippen molar-refractivity contribution < 1.29 is 4.79 Å². The summed E-state index contributed by atoms with van der Waals surface area (Å²) in [6, 6.07) is 17.3. The van der Waals surface area contributed by atoms with E-state index in [1.54, 1.807) is 12.1 Å². The molecule has 0 atom stereocenters. The van der Waals surface area contributed by atoms with Gasteiger partial charge in [-0.15, -0.1) is 0 Å². The molecule has 3 rings (SSSR count). The number of hydrogen-bond donors (Lipinski definition) is 0. The van der Waals surface area contributed by atoms with Crippen LogP contribution in [0.5, 0.6) is 0 Å². The average Bonchev–Trinajstić information content (AvgIpc) is 2.94. The third kappa shape index (κ3) is 3.66. The molecule has 0 saturated carbocycles. The Morgan fingerprint density at radius 2 is 1.91 bits per heavy atom. The molecule has 0 N–H and O–H groups in total. The SMILES string of the molecule is Cc1nn(-c2ccccc2)cc1/C=C/C(=O)c1cccc(Br)c1. The lowest BCUT2D eigenvalue weighted by Gasteiger charge is -1.98. The Bertz CT molecular complexity index is 866. The molecular weight excluding hydrogens is 352 g/mol. The Morgan fingerprint density at radius 3 is 2.65 bits per heavy atom. The third-order valence-corrected chi connectivity index (χ3v) is 3.97. The predicted molar refractivity (Wildman–Crippen MR) is 95.8 cm³/mol. The lowest BCUT2D eigenvalue weighted by Crippen LogP contribution is -1.93. The number of aryl methyl sites for hydroxylation is 1. The highest BCUT2D eigenvalue weighted by atomic mass is 79.9. The highest BCUT2D eigenvalue weighted by Crippen LogP contribution is 2.15. The van der Waals surface area contributed by atoms with Gasteiger partial charge >= 0.3 is 0 Å². The number of para-hydroxylation sites is 1. The molecule has 4 heteroatoms. The van der Waals surface area contributed by atoms with Crippen LogP contribution in [0, 0.1) is 6.92 Å². The molecule has 0 unspecified atom stereocenters. The minimum atomic E-state index is -0.0295. The van der Waals surface area contributed by atoms with Gasteiger partial charge in [-0.1, -0.05) is 46.3 Å². The van der Waals surface area contributed by atoms with Crippen LogP contribution in [-0.2, 0) is 0 Å². The fourth-order valence-corrected chi connectivity index (χ4v) is 2.65. The van der Waals surface area contributed by atoms with Crippen LogP contribution >= 0.6 is 15.9 Å². The zero-order valence-electron chi connectivity index (χ0n) is 12.6. The summed E-state index contributed by atoms with van der Waals surface area (Å²) in [7, 11) is 0. The molecule has 1 aromatic heterocycles. The van der Waals surface area contributed by atoms with Crippen molar-refractivity contribution in [3.8, 4) is 5.69 Å². The molecule has 3 aromatic rings. The number of benzene rings is 2. The summed E-state index contributed by atoms with van der Waals surface area (Å²) in [4.78, 5) is 12.2. The molecule has 0 fully saturated rings. The van der Waals surface area contributed by atoms with Crippen LogP contribution in [0.2, 0.25) is 0 Å². The number of ketones is 1. The highest BCUT2D eigenvalue weighted by Gasteiger charge is 2.06. The van der Waals surface area contributed by atoms with Crippen molar-refractivity contribution >= 4 is 27.8 Å². The number of carbonyl (C=O) groups is 1. The van der Waals surface area contributed by atoms with Crippen molar-refractivity contribution in [1.82, 2.24) is 9.78 Å². The lowest BCUT2D eigenvalue weighted by molar-refractivity contribution is 0.104. The van der Waals surface area contributed by atoms with Gasteiger partial charge in [0.05, 0.1) is 11.4 Å². The number of aromatic nitrogens is 2. The maximum atomic E-state index is 12.2. The van der Waals surface area contributed by atoms with Gasteiger partial charge in [0.1, 0.15) is 0 Å². The van der Waals surface area contributed by atoms with Crippen LogP contribution in [0.1, 0.15) is 21.6 Å². The number of nitrogens with zero attached hydrogens (tertiary/aromatic N) is 2. The molecule has 0 amide bonds. The van der Waals surface area contributed by atoms with E-state index in [1.807, 2.05) is 72.4 Å². The molecule has 3 nitrogen and oxygen atoms in total. The maximum absolute atomic E-state index is 12.2. The van der Waals surface area contributed by atoms with Gasteiger partial charge in [-0.05, 0) is 43.3 Å². The van der Waals surface area contributed by atoms with Crippen molar-refractivity contribution in [3.05, 3.63) is 88.2 Å². The number of allylic oxidation sites excluding steroid dienone is 1. The Kier molecular flexibility index (Phi) is 4.53. The van der Waals surface area contributed by atoms with E-state index in [0.717, 1.165) is 21.4 Å². The van der Waals surface area contributed by atoms with Gasteiger partial charge in [0.15, 0.2) is 5.78 Å². The first-order chi connectivity index (χ1) is 11.1. The quantitative estimate of drug-likeness (QED) is 0.489. The van der Waals surface area contributed by atoms with E-state index in [-0.39, 0.29) is 5.78 Å². The van der Waals surface area contributed by atoms with E-state index < -0.39 is 0 Å². The first-order valence-corrected chi connectivity index (χ1v) is 8.02. The maximum Gasteiger partial charge on any atom is 0.185 e. The molecule has 0 aliphatic heterocycles. The predicted octanol–water partition coefficient (Wildman–Crippen LogP) is 4.84. The molecular formula is C19H15BrN2O. The molecule has 114 valence electrons. The van der Waals surface area contributed by atoms with Crippen LogP contribution in [0.3, 0.4) is 0 Å². The summed E-state index contributed by atoms with van der Waals surface area (Å²) in [5.74, 6) is -0.0295. The number of hydrogen-bond acceptors (Lipinski definition) is 2. The van der Waals surface area contributed by atoms with Gasteiger partial charge in [-0.3, -0.25) is 4.79 Å². The monoisotopic (exact) mass is 366 g/mol. The summed E-state index contributed by atoms with van der Waals surface area (Å²) < 4.78 is 2.71. The van der Waals surface area contributed by atoms with E-state index >= 15 is 0 Å². The Morgan fingerprint density at radius 1 is 1.13 bits per heavy atom. The van der Waals surface area contributed by atoms with Crippen LogP contribution in [-0.4, -0.2) is 15.6 Å². The summed E-state index contributed by atoms with van der Waals surface area (Å²) in [5.41, 5.74) is 3.46. The Balaban J connectivity index is 1.83. The van der Waals surface area contributed by atoms with Crippen LogP contribution in [0.25, 0.3) is 11.8 Å². The molecule has 0 bridgehead atoms. The Labute approximate surface area is 143 Å². The third-order valence-electron chi connectivity index (χ3n) is 3.48. The molecule has 0 radical (unpaired) electrons. The van der Waals surface area contributed by atoms with Gasteiger partial charge in [0.2, 0.25) is 0 Å². The molecule has 0 aliphatic carbocycles. The van der Waals surface area contributed by atoms with Gasteiger partial charge in [0.25, 0.3) is 0 Å². The molecule has 1 heterocycles. The summed E-state index contributed by atoms with van der Waals surface area (Å²) in [6.45, 7) is 1.93. The second-order valence-corrected chi connectivity index (χ2v) is 6.07. The summed E-state index contributed by atoms with van der Waals surface area (Å²) in [6.07, 6.45) is 5.32. The van der Waals surface area contributed by atoms with E-state index in [1.165, 1.54) is 0 Å². The Hall–Kier alpha value is -2.46. The van der Waals surface area contributed by atoms with Crippen molar-refractivity contribution in [2.75, 3.05) is 0 Å². The second kappa shape index (κ2) is 6.75. The van der Waals surface area contributed by atoms with Crippen molar-refractivity contribution in [3.63, 3.8) is 0 Å². The molecule has 23 heavy (non-hydrogen) atoms. The first-order valence-electron chi connectivity index (χ1n) is 7.23. The van der Waals surface area contributed by atoms with E-state index in [4.69, 9.17) is 0 Å².